The Labute approximate surface area is 113 Å². The maximum Gasteiger partial charge on any atom is 0.262 e. The lowest BCUT2D eigenvalue weighted by Gasteiger charge is -2.19. The van der Waals surface area contributed by atoms with Gasteiger partial charge in [0.2, 0.25) is 0 Å². The highest BCUT2D eigenvalue weighted by atomic mass is 32.2. The van der Waals surface area contributed by atoms with Gasteiger partial charge in [-0.2, -0.15) is 0 Å². The van der Waals surface area contributed by atoms with Crippen LogP contribution in [0.2, 0.25) is 0 Å². The molecule has 0 radical (unpaired) electrons. The summed E-state index contributed by atoms with van der Waals surface area (Å²) in [6.07, 6.45) is 4.87. The smallest absolute Gasteiger partial charge is 0.262 e. The first kappa shape index (κ1) is 11.8. The van der Waals surface area contributed by atoms with Crippen LogP contribution in [0.15, 0.2) is 40.6 Å². The van der Waals surface area contributed by atoms with E-state index in [1.807, 2.05) is 0 Å². The van der Waals surface area contributed by atoms with Crippen LogP contribution in [0.25, 0.3) is 0 Å². The minimum Gasteiger partial charge on any atom is -0.482 e. The molecular formula is C12H10N4O2S. The van der Waals surface area contributed by atoms with Crippen molar-refractivity contribution in [2.75, 3.05) is 17.7 Å². The van der Waals surface area contributed by atoms with Gasteiger partial charge in [-0.25, -0.2) is 4.98 Å². The van der Waals surface area contributed by atoms with E-state index in [1.165, 1.54) is 11.8 Å². The summed E-state index contributed by atoms with van der Waals surface area (Å²) in [5.74, 6) is 0.410. The number of carbonyl (C=O) groups excluding carboxylic acids is 1. The number of nitrogen functional groups attached to an aromatic ring is 1. The average molecular weight is 274 g/mol. The fourth-order valence-corrected chi connectivity index (χ4v) is 2.47. The lowest BCUT2D eigenvalue weighted by molar-refractivity contribution is -0.118. The molecule has 0 spiro atoms. The third kappa shape index (κ3) is 2.45. The number of ether oxygens (including phenoxy) is 1. The van der Waals surface area contributed by atoms with Crippen LogP contribution >= 0.6 is 11.8 Å². The second-order valence-electron chi connectivity index (χ2n) is 3.87. The van der Waals surface area contributed by atoms with E-state index in [4.69, 9.17) is 10.5 Å². The molecule has 2 aromatic rings. The molecule has 19 heavy (non-hydrogen) atoms. The molecular weight excluding hydrogens is 264 g/mol. The van der Waals surface area contributed by atoms with Gasteiger partial charge in [0.05, 0.1) is 11.9 Å². The predicted octanol–water partition coefficient (Wildman–Crippen LogP) is 1.54. The van der Waals surface area contributed by atoms with Gasteiger partial charge >= 0.3 is 0 Å². The first-order valence-corrected chi connectivity index (χ1v) is 6.34. The quantitative estimate of drug-likeness (QED) is 0.807. The van der Waals surface area contributed by atoms with Crippen LogP contribution in [0.1, 0.15) is 0 Å². The van der Waals surface area contributed by atoms with Crippen molar-refractivity contribution in [1.29, 1.82) is 0 Å². The Morgan fingerprint density at radius 1 is 1.37 bits per heavy atom. The zero-order valence-electron chi connectivity index (χ0n) is 9.79. The fourth-order valence-electron chi connectivity index (χ4n) is 1.66. The number of anilines is 2. The Morgan fingerprint density at radius 2 is 2.26 bits per heavy atom. The van der Waals surface area contributed by atoms with Gasteiger partial charge in [0, 0.05) is 29.0 Å². The van der Waals surface area contributed by atoms with Crippen LogP contribution < -0.4 is 15.8 Å². The van der Waals surface area contributed by atoms with Crippen molar-refractivity contribution in [2.45, 2.75) is 9.92 Å². The molecule has 0 bridgehead atoms. The summed E-state index contributed by atoms with van der Waals surface area (Å²) in [5, 5.41) is 3.48. The number of nitrogens with two attached hydrogens (primary N) is 1. The van der Waals surface area contributed by atoms with E-state index in [0.717, 1.165) is 9.92 Å². The molecule has 1 amide bonds. The van der Waals surface area contributed by atoms with Crippen LogP contribution in [0.3, 0.4) is 0 Å². The zero-order valence-corrected chi connectivity index (χ0v) is 10.6. The number of amides is 1. The van der Waals surface area contributed by atoms with Gasteiger partial charge in [-0.05, 0) is 6.07 Å². The van der Waals surface area contributed by atoms with E-state index in [0.29, 0.717) is 17.1 Å². The standard InChI is InChI=1S/C12H10N4O2S/c13-7-3-9-8(16-11(17)6-18-9)4-10(7)19-12-5-14-1-2-15-12/h1-5H,6,13H2,(H,16,17). The molecule has 0 atom stereocenters. The number of aromatic nitrogens is 2. The van der Waals surface area contributed by atoms with Crippen LogP contribution in [-0.2, 0) is 4.79 Å². The van der Waals surface area contributed by atoms with Crippen LogP contribution in [0.5, 0.6) is 5.75 Å². The van der Waals surface area contributed by atoms with Crippen molar-refractivity contribution >= 4 is 29.0 Å². The predicted molar refractivity (Wildman–Crippen MR) is 71.1 cm³/mol. The number of hydrogen-bond acceptors (Lipinski definition) is 6. The summed E-state index contributed by atoms with van der Waals surface area (Å²) in [6, 6.07) is 3.48. The van der Waals surface area contributed by atoms with E-state index in [2.05, 4.69) is 15.3 Å². The lowest BCUT2D eigenvalue weighted by Crippen LogP contribution is -2.25. The Hall–Kier alpha value is -2.28. The molecule has 6 nitrogen and oxygen atoms in total. The van der Waals surface area contributed by atoms with Crippen molar-refractivity contribution in [3.8, 4) is 5.75 Å². The van der Waals surface area contributed by atoms with Crippen molar-refractivity contribution < 1.29 is 9.53 Å². The molecule has 1 aliphatic heterocycles. The highest BCUT2D eigenvalue weighted by Crippen LogP contribution is 2.38. The van der Waals surface area contributed by atoms with Gasteiger partial charge in [-0.15, -0.1) is 0 Å². The number of carbonyl (C=O) groups is 1. The van der Waals surface area contributed by atoms with Crippen molar-refractivity contribution in [3.05, 3.63) is 30.7 Å². The molecule has 0 saturated carbocycles. The Balaban J connectivity index is 1.94. The number of fused-ring (bicyclic) bond motifs is 1. The molecule has 3 N–H and O–H groups in total. The van der Waals surface area contributed by atoms with Crippen LogP contribution in [0.4, 0.5) is 11.4 Å². The largest absolute Gasteiger partial charge is 0.482 e. The minimum absolute atomic E-state index is 0.0170. The summed E-state index contributed by atoms with van der Waals surface area (Å²) >= 11 is 1.38. The van der Waals surface area contributed by atoms with Gasteiger partial charge in [0.25, 0.3) is 5.91 Å². The van der Waals surface area contributed by atoms with E-state index >= 15 is 0 Å². The minimum atomic E-state index is -0.173. The molecule has 7 heteroatoms. The summed E-state index contributed by atoms with van der Waals surface area (Å²) in [4.78, 5) is 20.2. The van der Waals surface area contributed by atoms with Gasteiger partial charge in [0.1, 0.15) is 10.8 Å². The summed E-state index contributed by atoms with van der Waals surface area (Å²) in [5.41, 5.74) is 7.16. The van der Waals surface area contributed by atoms with Crippen LogP contribution in [0, 0.1) is 0 Å². The second-order valence-corrected chi connectivity index (χ2v) is 4.93. The number of nitrogens with one attached hydrogen (secondary N) is 1. The SMILES string of the molecule is Nc1cc2c(cc1Sc1cnccn1)NC(=O)CO2. The Morgan fingerprint density at radius 3 is 3.05 bits per heavy atom. The van der Waals surface area contributed by atoms with Gasteiger partial charge in [-0.1, -0.05) is 11.8 Å². The number of rotatable bonds is 2. The first-order chi connectivity index (χ1) is 9.22. The van der Waals surface area contributed by atoms with E-state index < -0.39 is 0 Å². The third-order valence-electron chi connectivity index (χ3n) is 2.50. The highest BCUT2D eigenvalue weighted by Gasteiger charge is 2.18. The van der Waals surface area contributed by atoms with Crippen molar-refractivity contribution in [2.24, 2.45) is 0 Å². The summed E-state index contributed by atoms with van der Waals surface area (Å²) < 4.78 is 5.29. The monoisotopic (exact) mass is 274 g/mol. The lowest BCUT2D eigenvalue weighted by atomic mass is 10.2. The van der Waals surface area contributed by atoms with Crippen LogP contribution in [-0.4, -0.2) is 22.5 Å². The molecule has 0 unspecified atom stereocenters. The van der Waals surface area contributed by atoms with E-state index in [1.54, 1.807) is 30.7 Å². The maximum atomic E-state index is 11.3. The Bertz CT molecular complexity index is 633. The topological polar surface area (TPSA) is 90.1 Å². The summed E-state index contributed by atoms with van der Waals surface area (Å²) in [6.45, 7) is 0.0170. The summed E-state index contributed by atoms with van der Waals surface area (Å²) in [7, 11) is 0. The zero-order chi connectivity index (χ0) is 13.2. The number of nitrogens with zero attached hydrogens (tertiary/aromatic N) is 2. The number of benzene rings is 1. The average Bonchev–Trinajstić information content (AvgIpc) is 2.41. The highest BCUT2D eigenvalue weighted by molar-refractivity contribution is 7.99. The third-order valence-corrected chi connectivity index (χ3v) is 3.49. The Kier molecular flexibility index (Phi) is 2.96. The molecule has 0 saturated heterocycles. The fraction of sp³-hybridized carbons (Fsp3) is 0.0833. The number of hydrogen-bond donors (Lipinski definition) is 2. The normalized spacial score (nSPS) is 13.4. The van der Waals surface area contributed by atoms with E-state index in [-0.39, 0.29) is 12.5 Å². The second kappa shape index (κ2) is 4.77. The van der Waals surface area contributed by atoms with Crippen molar-refractivity contribution in [1.82, 2.24) is 9.97 Å². The molecule has 2 heterocycles. The molecule has 0 aliphatic carbocycles. The van der Waals surface area contributed by atoms with Crippen molar-refractivity contribution in [3.63, 3.8) is 0 Å². The maximum absolute atomic E-state index is 11.3. The molecule has 3 rings (SSSR count). The van der Waals surface area contributed by atoms with Gasteiger partial charge in [0.15, 0.2) is 6.61 Å². The molecule has 1 aromatic carbocycles. The van der Waals surface area contributed by atoms with Gasteiger partial charge in [-0.3, -0.25) is 9.78 Å². The molecule has 96 valence electrons. The van der Waals surface area contributed by atoms with E-state index in [9.17, 15) is 4.79 Å². The molecule has 0 fully saturated rings. The molecule has 1 aliphatic rings. The molecule has 1 aromatic heterocycles. The van der Waals surface area contributed by atoms with Gasteiger partial charge < -0.3 is 15.8 Å². The first-order valence-electron chi connectivity index (χ1n) is 5.52.